The first kappa shape index (κ1) is 13.0. The van der Waals surface area contributed by atoms with Crippen LogP contribution in [0.2, 0.25) is 0 Å². The van der Waals surface area contributed by atoms with Crippen molar-refractivity contribution in [2.75, 3.05) is 18.8 Å². The van der Waals surface area contributed by atoms with Gasteiger partial charge in [-0.15, -0.1) is 11.8 Å². The fraction of sp³-hybridized carbons (Fsp3) is 0.533. The van der Waals surface area contributed by atoms with E-state index in [4.69, 9.17) is 0 Å². The second-order valence-corrected chi connectivity index (χ2v) is 6.51. The summed E-state index contributed by atoms with van der Waals surface area (Å²) in [6.45, 7) is 1.44. The second-order valence-electron chi connectivity index (χ2n) is 5.37. The van der Waals surface area contributed by atoms with Gasteiger partial charge in [-0.25, -0.2) is 0 Å². The van der Waals surface area contributed by atoms with Crippen LogP contribution in [0.15, 0.2) is 29.2 Å². The van der Waals surface area contributed by atoms with Gasteiger partial charge in [-0.3, -0.25) is 4.79 Å². The number of carbonyl (C=O) groups excluding carboxylic acids is 1. The molecule has 1 heterocycles. The Bertz CT molecular complexity index is 459. The predicted octanol–water partition coefficient (Wildman–Crippen LogP) is 2.34. The first-order valence-corrected chi connectivity index (χ1v) is 8.03. The molecule has 1 amide bonds. The molecule has 1 fully saturated rings. The molecule has 3 rings (SSSR count). The van der Waals surface area contributed by atoms with E-state index in [1.807, 2.05) is 11.8 Å². The Balaban J connectivity index is 1.53. The third-order valence-corrected chi connectivity index (χ3v) is 4.83. The molecule has 0 saturated heterocycles. The van der Waals surface area contributed by atoms with Crippen LogP contribution < -0.4 is 10.6 Å². The van der Waals surface area contributed by atoms with Crippen molar-refractivity contribution in [2.45, 2.75) is 30.2 Å². The summed E-state index contributed by atoms with van der Waals surface area (Å²) in [6, 6.07) is 8.57. The van der Waals surface area contributed by atoms with E-state index in [0.717, 1.165) is 24.6 Å². The molecule has 1 aliphatic heterocycles. The number of hydrogen-bond acceptors (Lipinski definition) is 3. The minimum absolute atomic E-state index is 0.118. The molecule has 102 valence electrons. The lowest BCUT2D eigenvalue weighted by atomic mass is 10.0. The summed E-state index contributed by atoms with van der Waals surface area (Å²) >= 11 is 1.88. The molecule has 4 heteroatoms. The molecule has 1 aromatic carbocycles. The summed E-state index contributed by atoms with van der Waals surface area (Å²) in [7, 11) is 0. The molecule has 1 aromatic rings. The molecular formula is C15H20N2OS. The van der Waals surface area contributed by atoms with Crippen LogP contribution in [0, 0.1) is 5.92 Å². The molecule has 0 radical (unpaired) electrons. The lowest BCUT2D eigenvalue weighted by molar-refractivity contribution is -0.121. The highest BCUT2D eigenvalue weighted by atomic mass is 32.2. The van der Waals surface area contributed by atoms with E-state index in [1.54, 1.807) is 0 Å². The molecule has 1 aliphatic carbocycles. The van der Waals surface area contributed by atoms with Gasteiger partial charge in [0.15, 0.2) is 0 Å². The summed E-state index contributed by atoms with van der Waals surface area (Å²) in [5, 5.41) is 6.40. The average Bonchev–Trinajstić information content (AvgIpc) is 3.23. The summed E-state index contributed by atoms with van der Waals surface area (Å²) < 4.78 is 0. The smallest absolute Gasteiger partial charge is 0.234 e. The molecule has 1 unspecified atom stereocenters. The van der Waals surface area contributed by atoms with Crippen molar-refractivity contribution in [3.63, 3.8) is 0 Å². The number of nitrogens with one attached hydrogen (secondary N) is 2. The molecule has 1 saturated carbocycles. The number of benzene rings is 1. The van der Waals surface area contributed by atoms with Gasteiger partial charge >= 0.3 is 0 Å². The fourth-order valence-corrected chi connectivity index (χ4v) is 3.57. The van der Waals surface area contributed by atoms with Gasteiger partial charge in [-0.2, -0.15) is 0 Å². The maximum atomic E-state index is 11.9. The Hall–Kier alpha value is -1.00. The Kier molecular flexibility index (Phi) is 4.09. The number of carbonyl (C=O) groups is 1. The minimum Gasteiger partial charge on any atom is -0.348 e. The van der Waals surface area contributed by atoms with E-state index < -0.39 is 0 Å². The van der Waals surface area contributed by atoms with E-state index in [0.29, 0.717) is 6.54 Å². The van der Waals surface area contributed by atoms with Crippen molar-refractivity contribution >= 4 is 17.7 Å². The van der Waals surface area contributed by atoms with Crippen molar-refractivity contribution < 1.29 is 4.79 Å². The van der Waals surface area contributed by atoms with Gasteiger partial charge in [0.2, 0.25) is 5.91 Å². The van der Waals surface area contributed by atoms with Crippen molar-refractivity contribution in [3.05, 3.63) is 29.8 Å². The van der Waals surface area contributed by atoms with Crippen LogP contribution in [-0.2, 0) is 4.79 Å². The van der Waals surface area contributed by atoms with Crippen LogP contribution in [0.4, 0.5) is 0 Å². The number of fused-ring (bicyclic) bond motifs is 1. The Labute approximate surface area is 118 Å². The molecule has 0 aromatic heterocycles. The molecule has 2 aliphatic rings. The quantitative estimate of drug-likeness (QED) is 0.867. The Morgan fingerprint density at radius 1 is 1.26 bits per heavy atom. The zero-order valence-electron chi connectivity index (χ0n) is 11.0. The van der Waals surface area contributed by atoms with Gasteiger partial charge in [0.1, 0.15) is 0 Å². The molecule has 0 bridgehead atoms. The van der Waals surface area contributed by atoms with Crippen molar-refractivity contribution in [1.29, 1.82) is 0 Å². The highest BCUT2D eigenvalue weighted by Crippen LogP contribution is 2.35. The molecule has 19 heavy (non-hydrogen) atoms. The molecule has 3 nitrogen and oxygen atoms in total. The summed E-state index contributed by atoms with van der Waals surface area (Å²) in [4.78, 5) is 13.3. The van der Waals surface area contributed by atoms with E-state index in [-0.39, 0.29) is 11.9 Å². The molecule has 2 N–H and O–H groups in total. The third kappa shape index (κ3) is 3.51. The number of hydrogen-bond donors (Lipinski definition) is 2. The SMILES string of the molecule is O=C(CNCC1CC1)NC1CCSc2ccccc21. The number of amides is 1. The maximum absolute atomic E-state index is 11.9. The maximum Gasteiger partial charge on any atom is 0.234 e. The highest BCUT2D eigenvalue weighted by Gasteiger charge is 2.23. The lowest BCUT2D eigenvalue weighted by Gasteiger charge is -2.25. The van der Waals surface area contributed by atoms with Crippen LogP contribution in [0.1, 0.15) is 30.9 Å². The molecule has 0 spiro atoms. The Morgan fingerprint density at radius 2 is 2.11 bits per heavy atom. The van der Waals surface area contributed by atoms with Gasteiger partial charge in [-0.05, 0) is 43.4 Å². The van der Waals surface area contributed by atoms with Crippen LogP contribution in [0.25, 0.3) is 0 Å². The van der Waals surface area contributed by atoms with Gasteiger partial charge < -0.3 is 10.6 Å². The van der Waals surface area contributed by atoms with E-state index >= 15 is 0 Å². The van der Waals surface area contributed by atoms with Crippen LogP contribution >= 0.6 is 11.8 Å². The topological polar surface area (TPSA) is 41.1 Å². The van der Waals surface area contributed by atoms with Gasteiger partial charge in [0.05, 0.1) is 12.6 Å². The van der Waals surface area contributed by atoms with Crippen LogP contribution in [0.5, 0.6) is 0 Å². The number of rotatable bonds is 5. The zero-order valence-corrected chi connectivity index (χ0v) is 11.8. The van der Waals surface area contributed by atoms with Crippen LogP contribution in [0.3, 0.4) is 0 Å². The van der Waals surface area contributed by atoms with Crippen molar-refractivity contribution in [2.24, 2.45) is 5.92 Å². The molecular weight excluding hydrogens is 256 g/mol. The van der Waals surface area contributed by atoms with E-state index in [1.165, 1.54) is 23.3 Å². The molecule has 1 atom stereocenters. The predicted molar refractivity (Wildman–Crippen MR) is 78.3 cm³/mol. The normalized spacial score (nSPS) is 21.8. The highest BCUT2D eigenvalue weighted by molar-refractivity contribution is 7.99. The standard InChI is InChI=1S/C15H20N2OS/c18-15(10-16-9-11-5-6-11)17-13-7-8-19-14-4-2-1-3-12(13)14/h1-4,11,13,16H,5-10H2,(H,17,18). The monoisotopic (exact) mass is 276 g/mol. The van der Waals surface area contributed by atoms with Gasteiger partial charge in [-0.1, -0.05) is 18.2 Å². The third-order valence-electron chi connectivity index (χ3n) is 3.71. The summed E-state index contributed by atoms with van der Waals surface area (Å²) in [6.07, 6.45) is 3.67. The largest absolute Gasteiger partial charge is 0.348 e. The van der Waals surface area contributed by atoms with E-state index in [9.17, 15) is 4.79 Å². The minimum atomic E-state index is 0.118. The fourth-order valence-electron chi connectivity index (χ4n) is 2.45. The first-order chi connectivity index (χ1) is 9.33. The second kappa shape index (κ2) is 5.97. The zero-order chi connectivity index (χ0) is 13.1. The van der Waals surface area contributed by atoms with Gasteiger partial charge in [0, 0.05) is 10.6 Å². The van der Waals surface area contributed by atoms with Crippen LogP contribution in [-0.4, -0.2) is 24.7 Å². The average molecular weight is 276 g/mol. The Morgan fingerprint density at radius 3 is 2.95 bits per heavy atom. The summed E-state index contributed by atoms with van der Waals surface area (Å²) in [5.41, 5.74) is 1.27. The first-order valence-electron chi connectivity index (χ1n) is 7.05. The lowest BCUT2D eigenvalue weighted by Crippen LogP contribution is -2.37. The van der Waals surface area contributed by atoms with Crippen molar-refractivity contribution in [1.82, 2.24) is 10.6 Å². The summed E-state index contributed by atoms with van der Waals surface area (Å²) in [5.74, 6) is 2.02. The van der Waals surface area contributed by atoms with E-state index in [2.05, 4.69) is 34.9 Å². The van der Waals surface area contributed by atoms with Crippen molar-refractivity contribution in [3.8, 4) is 0 Å². The van der Waals surface area contributed by atoms with Gasteiger partial charge in [0.25, 0.3) is 0 Å². The number of thioether (sulfide) groups is 1.